The van der Waals surface area contributed by atoms with Crippen LogP contribution < -0.4 is 0 Å². The molecule has 0 spiro atoms. The molecule has 0 aromatic heterocycles. The van der Waals surface area contributed by atoms with Gasteiger partial charge >= 0.3 is 7.48 Å². The van der Waals surface area contributed by atoms with E-state index in [1.807, 2.05) is 27.7 Å². The first-order valence-corrected chi connectivity index (χ1v) is 10.0. The van der Waals surface area contributed by atoms with E-state index in [9.17, 15) is 5.11 Å². The van der Waals surface area contributed by atoms with E-state index in [-0.39, 0.29) is 0 Å². The summed E-state index contributed by atoms with van der Waals surface area (Å²) in [5.41, 5.74) is 2.62. The zero-order valence-electron chi connectivity index (χ0n) is 16.8. The summed E-state index contributed by atoms with van der Waals surface area (Å²) in [6.45, 7) is 7.57. The summed E-state index contributed by atoms with van der Waals surface area (Å²) in [6.07, 6.45) is 9.35. The highest BCUT2D eigenvalue weighted by Gasteiger charge is 2.38. The molecule has 0 aliphatic heterocycles. The van der Waals surface area contributed by atoms with Crippen molar-refractivity contribution in [1.29, 1.82) is 0 Å². The second-order valence-electron chi connectivity index (χ2n) is 9.00. The highest BCUT2D eigenvalue weighted by atomic mass is 16.5. The Bertz CT molecular complexity index is 918. The van der Waals surface area contributed by atoms with E-state index in [0.29, 0.717) is 19.3 Å². The Morgan fingerprint density at radius 1 is 1.07 bits per heavy atom. The standard InChI is InChI=1S/C24H29BO2/c1-23(2,26)24(3,4)27-25-22-15-21-17-10-6-5-9-16(17)13-14-19(21)18-11-7-8-12-20(18)22/h5-7,9-11,13-15,18,20,25-26H,8,12H2,1-4H3. The lowest BCUT2D eigenvalue weighted by atomic mass is 9.62. The van der Waals surface area contributed by atoms with Crippen molar-refractivity contribution in [2.24, 2.45) is 5.92 Å². The van der Waals surface area contributed by atoms with Crippen molar-refractivity contribution in [3.8, 4) is 0 Å². The number of hydrogen-bond acceptors (Lipinski definition) is 2. The number of fused-ring (bicyclic) bond motifs is 5. The molecule has 2 aliphatic rings. The summed E-state index contributed by atoms with van der Waals surface area (Å²) < 4.78 is 6.27. The molecule has 3 heteroatoms. The first kappa shape index (κ1) is 18.5. The van der Waals surface area contributed by atoms with Crippen LogP contribution in [0.2, 0.25) is 0 Å². The summed E-state index contributed by atoms with van der Waals surface area (Å²) >= 11 is 0. The lowest BCUT2D eigenvalue weighted by molar-refractivity contribution is -0.0898. The van der Waals surface area contributed by atoms with Crippen molar-refractivity contribution >= 4 is 24.3 Å². The minimum atomic E-state index is -0.890. The molecule has 2 aliphatic carbocycles. The maximum absolute atomic E-state index is 10.5. The molecule has 0 saturated heterocycles. The van der Waals surface area contributed by atoms with E-state index < -0.39 is 11.2 Å². The Kier molecular flexibility index (Phi) is 4.56. The van der Waals surface area contributed by atoms with E-state index in [1.165, 1.54) is 27.4 Å². The molecule has 0 fully saturated rings. The van der Waals surface area contributed by atoms with Gasteiger partial charge in [-0.25, -0.2) is 0 Å². The molecule has 140 valence electrons. The fourth-order valence-corrected chi connectivity index (χ4v) is 4.21. The first-order chi connectivity index (χ1) is 12.8. The van der Waals surface area contributed by atoms with Gasteiger partial charge in [0.15, 0.2) is 0 Å². The van der Waals surface area contributed by atoms with Gasteiger partial charge in [0.2, 0.25) is 0 Å². The number of allylic oxidation sites excluding steroid dienone is 3. The molecule has 2 unspecified atom stereocenters. The molecule has 2 atom stereocenters. The van der Waals surface area contributed by atoms with Crippen LogP contribution in [0.4, 0.5) is 0 Å². The summed E-state index contributed by atoms with van der Waals surface area (Å²) in [4.78, 5) is 0. The molecule has 2 nitrogen and oxygen atoms in total. The normalized spacial score (nSPS) is 22.2. The smallest absolute Gasteiger partial charge is 0.305 e. The van der Waals surface area contributed by atoms with Gasteiger partial charge in [-0.15, -0.1) is 0 Å². The quantitative estimate of drug-likeness (QED) is 0.603. The summed E-state index contributed by atoms with van der Waals surface area (Å²) in [5, 5.41) is 13.0. The van der Waals surface area contributed by atoms with Crippen LogP contribution in [-0.2, 0) is 4.65 Å². The number of aliphatic hydroxyl groups is 1. The van der Waals surface area contributed by atoms with E-state index in [0.717, 1.165) is 12.8 Å². The van der Waals surface area contributed by atoms with Crippen LogP contribution in [0.5, 0.6) is 0 Å². The third-order valence-corrected chi connectivity index (χ3v) is 6.66. The number of benzene rings is 2. The molecule has 2 aromatic carbocycles. The van der Waals surface area contributed by atoms with E-state index in [1.54, 1.807) is 0 Å². The van der Waals surface area contributed by atoms with Gasteiger partial charge in [-0.2, -0.15) is 0 Å². The lowest BCUT2D eigenvalue weighted by Gasteiger charge is -2.40. The molecule has 0 heterocycles. The molecule has 2 aromatic rings. The van der Waals surface area contributed by atoms with Crippen LogP contribution in [0, 0.1) is 5.92 Å². The first-order valence-electron chi connectivity index (χ1n) is 10.0. The van der Waals surface area contributed by atoms with E-state index in [4.69, 9.17) is 4.65 Å². The molecule has 0 saturated carbocycles. The molecule has 0 bridgehead atoms. The van der Waals surface area contributed by atoms with Crippen molar-refractivity contribution < 1.29 is 9.76 Å². The van der Waals surface area contributed by atoms with Gasteiger partial charge in [0, 0.05) is 5.92 Å². The summed E-state index contributed by atoms with van der Waals surface area (Å²) in [5.74, 6) is 0.911. The Morgan fingerprint density at radius 2 is 1.85 bits per heavy atom. The van der Waals surface area contributed by atoms with Crippen molar-refractivity contribution in [3.63, 3.8) is 0 Å². The van der Waals surface area contributed by atoms with Crippen LogP contribution in [0.3, 0.4) is 0 Å². The van der Waals surface area contributed by atoms with Gasteiger partial charge in [-0.05, 0) is 68.4 Å². The third-order valence-electron chi connectivity index (χ3n) is 6.66. The average molecular weight is 360 g/mol. The number of rotatable bonds is 4. The molecule has 0 amide bonds. The van der Waals surface area contributed by atoms with E-state index >= 15 is 0 Å². The largest absolute Gasteiger partial charge is 0.427 e. The second kappa shape index (κ2) is 6.65. The Balaban J connectivity index is 1.76. The van der Waals surface area contributed by atoms with Crippen molar-refractivity contribution in [1.82, 2.24) is 0 Å². The maximum atomic E-state index is 10.5. The Morgan fingerprint density at radius 3 is 2.63 bits per heavy atom. The Hall–Kier alpha value is -1.84. The van der Waals surface area contributed by atoms with Gasteiger partial charge in [-0.1, -0.05) is 60.1 Å². The van der Waals surface area contributed by atoms with Crippen molar-refractivity contribution in [2.75, 3.05) is 0 Å². The van der Waals surface area contributed by atoms with Crippen molar-refractivity contribution in [2.45, 2.75) is 57.7 Å². The fourth-order valence-electron chi connectivity index (χ4n) is 4.21. The minimum absolute atomic E-state index is 0.423. The SMILES string of the molecule is CC(C)(O)C(C)(C)OBC1=Cc2c(ccc3ccccc23)C2C=CCCC12. The van der Waals surface area contributed by atoms with Crippen LogP contribution >= 0.6 is 0 Å². The van der Waals surface area contributed by atoms with Crippen molar-refractivity contribution in [3.05, 3.63) is 65.1 Å². The molecule has 1 N–H and O–H groups in total. The van der Waals surface area contributed by atoms with Gasteiger partial charge in [0.25, 0.3) is 0 Å². The number of hydrogen-bond donors (Lipinski definition) is 1. The zero-order chi connectivity index (χ0) is 19.2. The minimum Gasteiger partial charge on any atom is -0.427 e. The topological polar surface area (TPSA) is 29.5 Å². The second-order valence-corrected chi connectivity index (χ2v) is 9.00. The Labute approximate surface area is 163 Å². The van der Waals surface area contributed by atoms with Crippen LogP contribution in [0.1, 0.15) is 57.6 Å². The zero-order valence-corrected chi connectivity index (χ0v) is 16.8. The molecule has 27 heavy (non-hydrogen) atoms. The van der Waals surface area contributed by atoms with Crippen LogP contribution in [0.25, 0.3) is 16.8 Å². The monoisotopic (exact) mass is 360 g/mol. The average Bonchev–Trinajstić information content (AvgIpc) is 2.65. The van der Waals surface area contributed by atoms with Gasteiger partial charge < -0.3 is 9.76 Å². The van der Waals surface area contributed by atoms with Gasteiger partial charge in [0.05, 0.1) is 11.2 Å². The highest BCUT2D eigenvalue weighted by Crippen LogP contribution is 2.46. The molecular weight excluding hydrogens is 331 g/mol. The molecular formula is C24H29BO2. The van der Waals surface area contributed by atoms with Gasteiger partial charge in [0.1, 0.15) is 0 Å². The van der Waals surface area contributed by atoms with E-state index in [2.05, 4.69) is 54.6 Å². The lowest BCUT2D eigenvalue weighted by Crippen LogP contribution is -2.48. The van der Waals surface area contributed by atoms with Gasteiger partial charge in [-0.3, -0.25) is 0 Å². The highest BCUT2D eigenvalue weighted by molar-refractivity contribution is 6.40. The predicted molar refractivity (Wildman–Crippen MR) is 115 cm³/mol. The fraction of sp³-hybridized carbons (Fsp3) is 0.417. The summed E-state index contributed by atoms with van der Waals surface area (Å²) in [6, 6.07) is 13.2. The van der Waals surface area contributed by atoms with Crippen LogP contribution in [-0.4, -0.2) is 23.8 Å². The third kappa shape index (κ3) is 3.28. The maximum Gasteiger partial charge on any atom is 0.305 e. The molecule has 0 radical (unpaired) electrons. The van der Waals surface area contributed by atoms with Crippen LogP contribution in [0.15, 0.2) is 54.0 Å². The summed E-state index contributed by atoms with van der Waals surface area (Å²) in [7, 11) is 0.564. The molecule has 4 rings (SSSR count). The predicted octanol–water partition coefficient (Wildman–Crippen LogP) is 5.16.